The van der Waals surface area contributed by atoms with Gasteiger partial charge < -0.3 is 10.1 Å². The molecule has 0 aliphatic carbocycles. The number of benzene rings is 2. The van der Waals surface area contributed by atoms with Crippen LogP contribution in [0.5, 0.6) is 0 Å². The number of hydrogen-bond acceptors (Lipinski definition) is 5. The number of para-hydroxylation sites is 1. The molecule has 0 spiro atoms. The molecule has 0 aliphatic heterocycles. The Kier molecular flexibility index (Phi) is 3.83. The van der Waals surface area contributed by atoms with Crippen molar-refractivity contribution in [2.24, 2.45) is 0 Å². The van der Waals surface area contributed by atoms with E-state index < -0.39 is 0 Å². The zero-order chi connectivity index (χ0) is 14.7. The van der Waals surface area contributed by atoms with Gasteiger partial charge in [-0.15, -0.1) is 0 Å². The third-order valence-corrected chi connectivity index (χ3v) is 3.89. The highest BCUT2D eigenvalue weighted by atomic mass is 32.1. The van der Waals surface area contributed by atoms with Crippen LogP contribution in [0.3, 0.4) is 0 Å². The van der Waals surface area contributed by atoms with Gasteiger partial charge in [-0.25, -0.2) is 9.78 Å². The maximum Gasteiger partial charge on any atom is 0.338 e. The topological polar surface area (TPSA) is 51.2 Å². The number of carbonyl (C=O) groups is 1. The second-order valence-electron chi connectivity index (χ2n) is 4.41. The summed E-state index contributed by atoms with van der Waals surface area (Å²) in [5, 5.41) is 4.08. The molecule has 0 radical (unpaired) electrons. The van der Waals surface area contributed by atoms with Crippen LogP contribution in [-0.2, 0) is 4.74 Å². The second-order valence-corrected chi connectivity index (χ2v) is 5.44. The number of ether oxygens (including phenoxy) is 1. The van der Waals surface area contributed by atoms with E-state index in [1.54, 1.807) is 30.4 Å². The first-order valence-corrected chi connectivity index (χ1v) is 7.47. The average Bonchev–Trinajstić information content (AvgIpc) is 2.90. The van der Waals surface area contributed by atoms with E-state index in [-0.39, 0.29) is 5.97 Å². The summed E-state index contributed by atoms with van der Waals surface area (Å²) in [6.07, 6.45) is 0. The number of anilines is 2. The fraction of sp³-hybridized carbons (Fsp3) is 0.125. The Hall–Kier alpha value is -2.40. The molecule has 3 aromatic rings. The molecule has 1 aromatic heterocycles. The largest absolute Gasteiger partial charge is 0.462 e. The van der Waals surface area contributed by atoms with Gasteiger partial charge in [0, 0.05) is 5.69 Å². The van der Waals surface area contributed by atoms with Crippen LogP contribution in [0, 0.1) is 0 Å². The van der Waals surface area contributed by atoms with E-state index >= 15 is 0 Å². The molecule has 0 saturated carbocycles. The lowest BCUT2D eigenvalue weighted by molar-refractivity contribution is 0.0526. The molecular weight excluding hydrogens is 284 g/mol. The fourth-order valence-electron chi connectivity index (χ4n) is 1.95. The van der Waals surface area contributed by atoms with Crippen LogP contribution in [0.2, 0.25) is 0 Å². The molecule has 5 heteroatoms. The Morgan fingerprint density at radius 1 is 1.19 bits per heavy atom. The van der Waals surface area contributed by atoms with Gasteiger partial charge in [-0.2, -0.15) is 0 Å². The van der Waals surface area contributed by atoms with Crippen LogP contribution in [-0.4, -0.2) is 17.6 Å². The van der Waals surface area contributed by atoms with Crippen molar-refractivity contribution in [3.63, 3.8) is 0 Å². The van der Waals surface area contributed by atoms with Crippen molar-refractivity contribution in [3.8, 4) is 0 Å². The molecule has 2 aromatic carbocycles. The van der Waals surface area contributed by atoms with E-state index in [0.717, 1.165) is 21.0 Å². The lowest BCUT2D eigenvalue weighted by atomic mass is 10.2. The zero-order valence-corrected chi connectivity index (χ0v) is 12.3. The Labute approximate surface area is 126 Å². The minimum Gasteiger partial charge on any atom is -0.462 e. The van der Waals surface area contributed by atoms with E-state index in [9.17, 15) is 4.79 Å². The number of nitrogens with zero attached hydrogens (tertiary/aromatic N) is 1. The average molecular weight is 298 g/mol. The van der Waals surface area contributed by atoms with Crippen molar-refractivity contribution in [2.45, 2.75) is 6.92 Å². The van der Waals surface area contributed by atoms with Crippen LogP contribution in [0.25, 0.3) is 10.2 Å². The van der Waals surface area contributed by atoms with E-state index in [4.69, 9.17) is 4.74 Å². The van der Waals surface area contributed by atoms with Crippen LogP contribution in [0.15, 0.2) is 48.5 Å². The van der Waals surface area contributed by atoms with Gasteiger partial charge in [0.15, 0.2) is 5.13 Å². The van der Waals surface area contributed by atoms with Gasteiger partial charge in [0.2, 0.25) is 0 Å². The predicted molar refractivity (Wildman–Crippen MR) is 85.3 cm³/mol. The maximum atomic E-state index is 11.6. The summed E-state index contributed by atoms with van der Waals surface area (Å²) in [6, 6.07) is 15.2. The Morgan fingerprint density at radius 2 is 1.95 bits per heavy atom. The zero-order valence-electron chi connectivity index (χ0n) is 11.5. The number of hydrogen-bond donors (Lipinski definition) is 1. The van der Waals surface area contributed by atoms with Gasteiger partial charge in [0.25, 0.3) is 0 Å². The number of nitrogens with one attached hydrogen (secondary N) is 1. The van der Waals surface area contributed by atoms with Crippen molar-refractivity contribution in [1.82, 2.24) is 4.98 Å². The summed E-state index contributed by atoms with van der Waals surface area (Å²) in [5.74, 6) is -0.302. The lowest BCUT2D eigenvalue weighted by Crippen LogP contribution is -2.04. The molecule has 3 rings (SSSR count). The summed E-state index contributed by atoms with van der Waals surface area (Å²) < 4.78 is 6.10. The van der Waals surface area contributed by atoms with E-state index in [0.29, 0.717) is 12.2 Å². The SMILES string of the molecule is CCOC(=O)c1ccc(Nc2nc3ccccc3s2)cc1. The Balaban J connectivity index is 1.77. The Morgan fingerprint density at radius 3 is 2.67 bits per heavy atom. The van der Waals surface area contributed by atoms with Gasteiger partial charge in [0.05, 0.1) is 22.4 Å². The first-order chi connectivity index (χ1) is 10.3. The molecule has 0 unspecified atom stereocenters. The first-order valence-electron chi connectivity index (χ1n) is 6.66. The summed E-state index contributed by atoms with van der Waals surface area (Å²) in [6.45, 7) is 2.17. The highest BCUT2D eigenvalue weighted by Gasteiger charge is 2.07. The number of rotatable bonds is 4. The molecule has 1 N–H and O–H groups in total. The molecule has 0 amide bonds. The molecule has 0 fully saturated rings. The van der Waals surface area contributed by atoms with E-state index in [2.05, 4.69) is 10.3 Å². The quantitative estimate of drug-likeness (QED) is 0.733. The molecule has 0 bridgehead atoms. The third kappa shape index (κ3) is 3.03. The lowest BCUT2D eigenvalue weighted by Gasteiger charge is -2.04. The molecule has 106 valence electrons. The third-order valence-electron chi connectivity index (χ3n) is 2.94. The molecule has 0 atom stereocenters. The second kappa shape index (κ2) is 5.93. The molecule has 1 heterocycles. The summed E-state index contributed by atoms with van der Waals surface area (Å²) in [7, 11) is 0. The van der Waals surface area contributed by atoms with Crippen molar-refractivity contribution in [3.05, 3.63) is 54.1 Å². The van der Waals surface area contributed by atoms with Crippen molar-refractivity contribution in [2.75, 3.05) is 11.9 Å². The van der Waals surface area contributed by atoms with Gasteiger partial charge in [0.1, 0.15) is 0 Å². The van der Waals surface area contributed by atoms with Crippen molar-refractivity contribution >= 4 is 38.3 Å². The van der Waals surface area contributed by atoms with Crippen molar-refractivity contribution < 1.29 is 9.53 Å². The van der Waals surface area contributed by atoms with Crippen LogP contribution >= 0.6 is 11.3 Å². The number of thiazole rings is 1. The maximum absolute atomic E-state index is 11.6. The van der Waals surface area contributed by atoms with Gasteiger partial charge in [-0.05, 0) is 43.3 Å². The van der Waals surface area contributed by atoms with E-state index in [1.165, 1.54) is 0 Å². The number of aromatic nitrogens is 1. The molecule has 0 aliphatic rings. The minimum atomic E-state index is -0.302. The van der Waals surface area contributed by atoms with Crippen molar-refractivity contribution in [1.29, 1.82) is 0 Å². The standard InChI is InChI=1S/C16H14N2O2S/c1-2-20-15(19)11-7-9-12(10-8-11)17-16-18-13-5-3-4-6-14(13)21-16/h3-10H,2H2,1H3,(H,17,18). The van der Waals surface area contributed by atoms with Gasteiger partial charge in [-0.1, -0.05) is 23.5 Å². The van der Waals surface area contributed by atoms with Gasteiger partial charge in [-0.3, -0.25) is 0 Å². The van der Waals surface area contributed by atoms with E-state index in [1.807, 2.05) is 36.4 Å². The number of esters is 1. The molecule has 21 heavy (non-hydrogen) atoms. The summed E-state index contributed by atoms with van der Waals surface area (Å²) in [4.78, 5) is 16.1. The monoisotopic (exact) mass is 298 g/mol. The minimum absolute atomic E-state index is 0.302. The van der Waals surface area contributed by atoms with Crippen LogP contribution in [0.1, 0.15) is 17.3 Å². The first kappa shape index (κ1) is 13.6. The highest BCUT2D eigenvalue weighted by molar-refractivity contribution is 7.22. The van der Waals surface area contributed by atoms with Crippen LogP contribution < -0.4 is 5.32 Å². The normalized spacial score (nSPS) is 10.5. The molecule has 0 saturated heterocycles. The number of carbonyl (C=O) groups excluding carboxylic acids is 1. The molecule has 4 nitrogen and oxygen atoms in total. The Bertz CT molecular complexity index is 732. The van der Waals surface area contributed by atoms with Gasteiger partial charge >= 0.3 is 5.97 Å². The highest BCUT2D eigenvalue weighted by Crippen LogP contribution is 2.28. The smallest absolute Gasteiger partial charge is 0.338 e. The van der Waals surface area contributed by atoms with Crippen LogP contribution in [0.4, 0.5) is 10.8 Å². The fourth-order valence-corrected chi connectivity index (χ4v) is 2.84. The summed E-state index contributed by atoms with van der Waals surface area (Å²) in [5.41, 5.74) is 2.42. The number of fused-ring (bicyclic) bond motifs is 1. The molecular formula is C16H14N2O2S. The predicted octanol–water partition coefficient (Wildman–Crippen LogP) is 4.22. The summed E-state index contributed by atoms with van der Waals surface area (Å²) >= 11 is 1.60.